The van der Waals surface area contributed by atoms with Crippen molar-refractivity contribution < 1.29 is 17.9 Å². The predicted molar refractivity (Wildman–Crippen MR) is 83.0 cm³/mol. The summed E-state index contributed by atoms with van der Waals surface area (Å²) in [5.41, 5.74) is 0.329. The largest absolute Gasteiger partial charge is 0.439 e. The van der Waals surface area contributed by atoms with Crippen LogP contribution in [-0.2, 0) is 6.18 Å². The summed E-state index contributed by atoms with van der Waals surface area (Å²) >= 11 is 5.78. The van der Waals surface area contributed by atoms with Gasteiger partial charge < -0.3 is 4.74 Å². The molecule has 0 saturated heterocycles. The molecule has 2 nitrogen and oxygen atoms in total. The number of halogens is 4. The van der Waals surface area contributed by atoms with Gasteiger partial charge in [-0.2, -0.15) is 13.2 Å². The van der Waals surface area contributed by atoms with Crippen molar-refractivity contribution in [1.29, 1.82) is 0 Å². The summed E-state index contributed by atoms with van der Waals surface area (Å²) < 4.78 is 44.8. The molecular formula is C17H11ClF3NO. The molecule has 0 spiro atoms. The van der Waals surface area contributed by atoms with E-state index in [1.165, 1.54) is 18.2 Å². The van der Waals surface area contributed by atoms with Crippen LogP contribution >= 0.6 is 11.6 Å². The minimum Gasteiger partial charge on any atom is -0.439 e. The van der Waals surface area contributed by atoms with Crippen molar-refractivity contribution in [3.8, 4) is 11.6 Å². The van der Waals surface area contributed by atoms with Gasteiger partial charge >= 0.3 is 6.18 Å². The first-order valence-electron chi connectivity index (χ1n) is 6.75. The fourth-order valence-corrected chi connectivity index (χ4v) is 2.49. The minimum atomic E-state index is -4.50. The van der Waals surface area contributed by atoms with Gasteiger partial charge in [-0.1, -0.05) is 23.7 Å². The molecule has 118 valence electrons. The maximum absolute atomic E-state index is 13.1. The van der Waals surface area contributed by atoms with E-state index < -0.39 is 11.7 Å². The lowest BCUT2D eigenvalue weighted by atomic mass is 10.1. The van der Waals surface area contributed by atoms with Crippen molar-refractivity contribution in [2.75, 3.05) is 0 Å². The van der Waals surface area contributed by atoms with Crippen LogP contribution in [0, 0.1) is 6.92 Å². The molecule has 0 fully saturated rings. The molecule has 0 unspecified atom stereocenters. The van der Waals surface area contributed by atoms with Gasteiger partial charge in [0.1, 0.15) is 5.75 Å². The molecule has 6 heteroatoms. The van der Waals surface area contributed by atoms with Gasteiger partial charge in [0.15, 0.2) is 0 Å². The van der Waals surface area contributed by atoms with Gasteiger partial charge in [-0.3, -0.25) is 0 Å². The summed E-state index contributed by atoms with van der Waals surface area (Å²) in [5.74, 6) is 0.772. The highest BCUT2D eigenvalue weighted by molar-refractivity contribution is 6.31. The Labute approximate surface area is 135 Å². The lowest BCUT2D eigenvalue weighted by Crippen LogP contribution is -2.06. The summed E-state index contributed by atoms with van der Waals surface area (Å²) in [6.45, 7) is 1.91. The minimum absolute atomic E-state index is 0.0153. The fraction of sp³-hybridized carbons (Fsp3) is 0.118. The zero-order valence-corrected chi connectivity index (χ0v) is 12.7. The molecule has 0 bridgehead atoms. The third-order valence-corrected chi connectivity index (χ3v) is 3.48. The predicted octanol–water partition coefficient (Wildman–Crippen LogP) is 6.01. The highest BCUT2D eigenvalue weighted by Gasteiger charge is 2.33. The Bertz CT molecular complexity index is 877. The van der Waals surface area contributed by atoms with E-state index in [0.29, 0.717) is 5.75 Å². The van der Waals surface area contributed by atoms with E-state index in [-0.39, 0.29) is 21.8 Å². The molecule has 0 radical (unpaired) electrons. The monoisotopic (exact) mass is 337 g/mol. The topological polar surface area (TPSA) is 22.1 Å². The van der Waals surface area contributed by atoms with Gasteiger partial charge in [0, 0.05) is 16.5 Å². The summed E-state index contributed by atoms with van der Waals surface area (Å²) in [6.07, 6.45) is -4.50. The number of aromatic nitrogens is 1. The van der Waals surface area contributed by atoms with Crippen LogP contribution in [0.3, 0.4) is 0 Å². The average molecular weight is 338 g/mol. The smallest absolute Gasteiger partial charge is 0.417 e. The van der Waals surface area contributed by atoms with Crippen LogP contribution in [0.25, 0.3) is 10.9 Å². The van der Waals surface area contributed by atoms with Gasteiger partial charge in [0.25, 0.3) is 0 Å². The van der Waals surface area contributed by atoms with E-state index in [1.54, 1.807) is 6.07 Å². The molecule has 3 aromatic rings. The Balaban J connectivity index is 2.05. The van der Waals surface area contributed by atoms with Crippen LogP contribution in [0.2, 0.25) is 5.02 Å². The van der Waals surface area contributed by atoms with E-state index in [2.05, 4.69) is 4.98 Å². The highest BCUT2D eigenvalue weighted by atomic mass is 35.5. The van der Waals surface area contributed by atoms with Gasteiger partial charge in [-0.15, -0.1) is 0 Å². The zero-order chi connectivity index (χ0) is 16.6. The number of nitrogens with zero attached hydrogens (tertiary/aromatic N) is 1. The van der Waals surface area contributed by atoms with Crippen LogP contribution in [0.5, 0.6) is 11.6 Å². The third-order valence-electron chi connectivity index (χ3n) is 3.26. The lowest BCUT2D eigenvalue weighted by Gasteiger charge is -2.12. The second-order valence-electron chi connectivity index (χ2n) is 5.09. The molecular weight excluding hydrogens is 327 g/mol. The second kappa shape index (κ2) is 5.74. The molecule has 1 heterocycles. The number of aryl methyl sites for hydroxylation is 1. The average Bonchev–Trinajstić information content (AvgIpc) is 2.45. The second-order valence-corrected chi connectivity index (χ2v) is 5.52. The number of rotatable bonds is 2. The van der Waals surface area contributed by atoms with Crippen molar-refractivity contribution >= 4 is 22.5 Å². The third kappa shape index (κ3) is 3.40. The molecule has 2 aromatic carbocycles. The summed E-state index contributed by atoms with van der Waals surface area (Å²) in [5, 5.41) is -0.0384. The van der Waals surface area contributed by atoms with Crippen LogP contribution < -0.4 is 4.74 Å². The number of hydrogen-bond acceptors (Lipinski definition) is 2. The molecule has 0 amide bonds. The Kier molecular flexibility index (Phi) is 3.90. The molecule has 1 aromatic heterocycles. The van der Waals surface area contributed by atoms with Crippen molar-refractivity contribution in [3.05, 3.63) is 64.7 Å². The van der Waals surface area contributed by atoms with Crippen LogP contribution in [-0.4, -0.2) is 4.98 Å². The standard InChI is InChI=1S/C17H11ClF3NO/c1-10-3-2-4-12(7-10)23-16-6-5-13-14(17(19,20)21)8-11(18)9-15(13)22-16/h2-9H,1H3. The van der Waals surface area contributed by atoms with E-state index in [0.717, 1.165) is 11.6 Å². The number of alkyl halides is 3. The van der Waals surface area contributed by atoms with Crippen molar-refractivity contribution in [1.82, 2.24) is 4.98 Å². The molecule has 3 rings (SSSR count). The van der Waals surface area contributed by atoms with Crippen molar-refractivity contribution in [2.45, 2.75) is 13.1 Å². The fourth-order valence-electron chi connectivity index (χ4n) is 2.27. The maximum atomic E-state index is 13.1. The Morgan fingerprint density at radius 3 is 2.52 bits per heavy atom. The Morgan fingerprint density at radius 2 is 1.83 bits per heavy atom. The molecule has 0 aliphatic rings. The summed E-state index contributed by atoms with van der Waals surface area (Å²) in [6, 6.07) is 12.3. The van der Waals surface area contributed by atoms with Crippen LogP contribution in [0.1, 0.15) is 11.1 Å². The van der Waals surface area contributed by atoms with Gasteiger partial charge in [0.2, 0.25) is 5.88 Å². The van der Waals surface area contributed by atoms with Crippen molar-refractivity contribution in [2.24, 2.45) is 0 Å². The molecule has 0 aliphatic heterocycles. The number of benzene rings is 2. The van der Waals surface area contributed by atoms with Gasteiger partial charge in [0.05, 0.1) is 11.1 Å². The Morgan fingerprint density at radius 1 is 1.04 bits per heavy atom. The van der Waals surface area contributed by atoms with E-state index >= 15 is 0 Å². The van der Waals surface area contributed by atoms with Gasteiger partial charge in [-0.25, -0.2) is 4.98 Å². The summed E-state index contributed by atoms with van der Waals surface area (Å²) in [4.78, 5) is 4.13. The van der Waals surface area contributed by atoms with E-state index in [9.17, 15) is 13.2 Å². The molecule has 0 aliphatic carbocycles. The Hall–Kier alpha value is -2.27. The van der Waals surface area contributed by atoms with Crippen LogP contribution in [0.4, 0.5) is 13.2 Å². The summed E-state index contributed by atoms with van der Waals surface area (Å²) in [7, 11) is 0. The SMILES string of the molecule is Cc1cccc(Oc2ccc3c(C(F)(F)F)cc(Cl)cc3n2)c1. The first-order valence-corrected chi connectivity index (χ1v) is 7.13. The van der Waals surface area contributed by atoms with E-state index in [1.807, 2.05) is 25.1 Å². The first kappa shape index (κ1) is 15.6. The molecule has 0 atom stereocenters. The quantitative estimate of drug-likeness (QED) is 0.571. The number of ether oxygens (including phenoxy) is 1. The highest BCUT2D eigenvalue weighted by Crippen LogP contribution is 2.37. The molecule has 0 saturated carbocycles. The molecule has 23 heavy (non-hydrogen) atoms. The maximum Gasteiger partial charge on any atom is 0.417 e. The number of fused-ring (bicyclic) bond motifs is 1. The number of pyridine rings is 1. The molecule has 0 N–H and O–H groups in total. The zero-order valence-electron chi connectivity index (χ0n) is 12.0. The number of hydrogen-bond donors (Lipinski definition) is 0. The lowest BCUT2D eigenvalue weighted by molar-refractivity contribution is -0.136. The van der Waals surface area contributed by atoms with Gasteiger partial charge in [-0.05, 0) is 42.8 Å². The van der Waals surface area contributed by atoms with Crippen molar-refractivity contribution in [3.63, 3.8) is 0 Å². The first-order chi connectivity index (χ1) is 10.8. The normalized spacial score (nSPS) is 11.7. The van der Waals surface area contributed by atoms with Crippen LogP contribution in [0.15, 0.2) is 48.5 Å². The van der Waals surface area contributed by atoms with E-state index in [4.69, 9.17) is 16.3 Å².